The maximum absolute atomic E-state index is 12.4. The Morgan fingerprint density at radius 1 is 0.816 bits per heavy atom. The van der Waals surface area contributed by atoms with Crippen LogP contribution in [-0.2, 0) is 11.3 Å². The van der Waals surface area contributed by atoms with Gasteiger partial charge in [0.05, 0.1) is 17.9 Å². The van der Waals surface area contributed by atoms with Crippen molar-refractivity contribution >= 4 is 21.9 Å². The largest absolute Gasteiger partial charge is 0.488 e. The minimum atomic E-state index is -0.329. The fraction of sp³-hybridized carbons (Fsp3) is 0.121. The van der Waals surface area contributed by atoms with Crippen molar-refractivity contribution in [2.45, 2.75) is 20.5 Å². The second-order valence-corrected chi connectivity index (χ2v) is 9.83. The number of aryl methyl sites for hydroxylation is 1. The molecule has 4 nitrogen and oxygen atoms in total. The lowest BCUT2D eigenvalue weighted by molar-refractivity contribution is 0.0526. The molecule has 0 fully saturated rings. The Kier molecular flexibility index (Phi) is 7.75. The molecule has 1 heterocycles. The van der Waals surface area contributed by atoms with Crippen molar-refractivity contribution in [3.63, 3.8) is 0 Å². The van der Waals surface area contributed by atoms with Crippen LogP contribution in [0, 0.1) is 6.92 Å². The van der Waals surface area contributed by atoms with Crippen LogP contribution in [0.15, 0.2) is 114 Å². The van der Waals surface area contributed by atoms with Gasteiger partial charge in [-0.3, -0.25) is 0 Å². The molecule has 0 unspecified atom stereocenters. The third kappa shape index (κ3) is 5.43. The Bertz CT molecular complexity index is 1570. The predicted octanol–water partition coefficient (Wildman–Crippen LogP) is 8.64. The molecule has 1 aromatic heterocycles. The van der Waals surface area contributed by atoms with Crippen molar-refractivity contribution in [1.82, 2.24) is 4.57 Å². The molecule has 0 aliphatic carbocycles. The van der Waals surface area contributed by atoms with Gasteiger partial charge >= 0.3 is 5.97 Å². The molecule has 0 atom stereocenters. The van der Waals surface area contributed by atoms with Gasteiger partial charge in [0.25, 0.3) is 0 Å². The van der Waals surface area contributed by atoms with E-state index >= 15 is 0 Å². The number of aromatic nitrogens is 1. The first-order valence-electron chi connectivity index (χ1n) is 12.6. The first-order chi connectivity index (χ1) is 18.5. The number of rotatable bonds is 8. The highest BCUT2D eigenvalue weighted by Gasteiger charge is 2.17. The third-order valence-electron chi connectivity index (χ3n) is 6.39. The highest BCUT2D eigenvalue weighted by Crippen LogP contribution is 2.37. The van der Waals surface area contributed by atoms with E-state index in [-0.39, 0.29) is 5.97 Å². The van der Waals surface area contributed by atoms with E-state index < -0.39 is 0 Å². The number of carbonyl (C=O) groups excluding carboxylic acids is 1. The van der Waals surface area contributed by atoms with Crippen LogP contribution in [-0.4, -0.2) is 17.1 Å². The molecule has 5 rings (SSSR count). The topological polar surface area (TPSA) is 40.5 Å². The summed E-state index contributed by atoms with van der Waals surface area (Å²) < 4.78 is 14.8. The Morgan fingerprint density at radius 3 is 2.42 bits per heavy atom. The molecule has 0 saturated carbocycles. The summed E-state index contributed by atoms with van der Waals surface area (Å²) in [5, 5.41) is 0. The van der Waals surface area contributed by atoms with Crippen LogP contribution in [0.1, 0.15) is 28.5 Å². The first-order valence-corrected chi connectivity index (χ1v) is 13.4. The summed E-state index contributed by atoms with van der Waals surface area (Å²) in [6.45, 7) is 4.62. The van der Waals surface area contributed by atoms with E-state index in [1.807, 2.05) is 61.5 Å². The molecule has 0 N–H and O–H groups in total. The fourth-order valence-electron chi connectivity index (χ4n) is 4.61. The molecule has 0 radical (unpaired) electrons. The van der Waals surface area contributed by atoms with Gasteiger partial charge in [-0.05, 0) is 79.1 Å². The molecule has 4 aromatic carbocycles. The number of hydrogen-bond acceptors (Lipinski definition) is 3. The Hall–Kier alpha value is -4.09. The van der Waals surface area contributed by atoms with E-state index in [9.17, 15) is 4.79 Å². The zero-order chi connectivity index (χ0) is 26.5. The zero-order valence-corrected chi connectivity index (χ0v) is 22.9. The minimum Gasteiger partial charge on any atom is -0.488 e. The van der Waals surface area contributed by atoms with E-state index in [4.69, 9.17) is 9.47 Å². The van der Waals surface area contributed by atoms with Crippen LogP contribution in [0.2, 0.25) is 0 Å². The van der Waals surface area contributed by atoms with Crippen LogP contribution in [0.4, 0.5) is 0 Å². The lowest BCUT2D eigenvalue weighted by atomic mass is 10.0. The van der Waals surface area contributed by atoms with Gasteiger partial charge in [0.2, 0.25) is 0 Å². The average molecular weight is 566 g/mol. The summed E-state index contributed by atoms with van der Waals surface area (Å²) in [6, 6.07) is 36.4. The molecule has 0 spiro atoms. The van der Waals surface area contributed by atoms with Gasteiger partial charge in [0.15, 0.2) is 0 Å². The van der Waals surface area contributed by atoms with E-state index in [0.29, 0.717) is 18.8 Å². The fourth-order valence-corrected chi connectivity index (χ4v) is 4.97. The van der Waals surface area contributed by atoms with Crippen molar-refractivity contribution in [1.29, 1.82) is 0 Å². The van der Waals surface area contributed by atoms with Gasteiger partial charge in [-0.1, -0.05) is 76.6 Å². The quantitative estimate of drug-likeness (QED) is 0.177. The first kappa shape index (κ1) is 25.6. The van der Waals surface area contributed by atoms with Gasteiger partial charge in [-0.2, -0.15) is 0 Å². The Labute approximate surface area is 231 Å². The predicted molar refractivity (Wildman–Crippen MR) is 156 cm³/mol. The number of carbonyl (C=O) groups is 1. The molecule has 5 heteroatoms. The molecule has 0 bridgehead atoms. The molecule has 0 saturated heterocycles. The van der Waals surface area contributed by atoms with Gasteiger partial charge in [-0.15, -0.1) is 0 Å². The van der Waals surface area contributed by atoms with E-state index in [2.05, 4.69) is 76.0 Å². The second kappa shape index (κ2) is 11.5. The number of ether oxygens (including phenoxy) is 2. The number of nitrogens with zero attached hydrogens (tertiary/aromatic N) is 1. The van der Waals surface area contributed by atoms with Crippen molar-refractivity contribution in [2.75, 3.05) is 6.61 Å². The highest BCUT2D eigenvalue weighted by molar-refractivity contribution is 9.10. The van der Waals surface area contributed by atoms with Gasteiger partial charge in [0, 0.05) is 21.4 Å². The minimum absolute atomic E-state index is 0.329. The zero-order valence-electron chi connectivity index (χ0n) is 21.4. The summed E-state index contributed by atoms with van der Waals surface area (Å²) in [4.78, 5) is 12.4. The van der Waals surface area contributed by atoms with E-state index in [1.165, 1.54) is 0 Å². The molecule has 0 aliphatic heterocycles. The van der Waals surface area contributed by atoms with Crippen LogP contribution in [0.25, 0.3) is 28.1 Å². The normalized spacial score (nSPS) is 10.8. The second-order valence-electron chi connectivity index (χ2n) is 8.92. The smallest absolute Gasteiger partial charge is 0.338 e. The van der Waals surface area contributed by atoms with Crippen molar-refractivity contribution in [3.05, 3.63) is 130 Å². The lowest BCUT2D eigenvalue weighted by Gasteiger charge is -2.17. The Morgan fingerprint density at radius 2 is 1.61 bits per heavy atom. The standard InChI is InChI=1S/C33H28BrNO3/c1-3-37-33(36)25-13-9-14-28(20-25)35-23(2)16-18-31(35)30-21-27(34)17-19-32(30)38-22-26-12-7-8-15-29(26)24-10-5-4-6-11-24/h4-21H,3,22H2,1-2H3. The maximum Gasteiger partial charge on any atom is 0.338 e. The molecule has 5 aromatic rings. The third-order valence-corrected chi connectivity index (χ3v) is 6.89. The van der Waals surface area contributed by atoms with Crippen LogP contribution >= 0.6 is 15.9 Å². The monoisotopic (exact) mass is 565 g/mol. The molecular weight excluding hydrogens is 538 g/mol. The van der Waals surface area contributed by atoms with E-state index in [1.54, 1.807) is 6.07 Å². The number of esters is 1. The number of hydrogen-bond donors (Lipinski definition) is 0. The Balaban J connectivity index is 1.51. The molecule has 38 heavy (non-hydrogen) atoms. The average Bonchev–Trinajstić information content (AvgIpc) is 3.34. The number of benzene rings is 4. The summed E-state index contributed by atoms with van der Waals surface area (Å²) in [5.41, 5.74) is 7.79. The van der Waals surface area contributed by atoms with Gasteiger partial charge in [-0.25, -0.2) is 4.79 Å². The lowest BCUT2D eigenvalue weighted by Crippen LogP contribution is -2.07. The van der Waals surface area contributed by atoms with Crippen molar-refractivity contribution in [2.24, 2.45) is 0 Å². The maximum atomic E-state index is 12.4. The number of halogens is 1. The molecule has 0 aliphatic rings. The molecule has 190 valence electrons. The van der Waals surface area contributed by atoms with Crippen molar-refractivity contribution < 1.29 is 14.3 Å². The SMILES string of the molecule is CCOC(=O)c1cccc(-n2c(C)ccc2-c2cc(Br)ccc2OCc2ccccc2-c2ccccc2)c1. The van der Waals surface area contributed by atoms with Crippen molar-refractivity contribution in [3.8, 4) is 33.8 Å². The van der Waals surface area contributed by atoms with Crippen LogP contribution < -0.4 is 4.74 Å². The molecular formula is C33H28BrNO3. The molecule has 0 amide bonds. The van der Waals surface area contributed by atoms with Crippen LogP contribution in [0.5, 0.6) is 5.75 Å². The summed E-state index contributed by atoms with van der Waals surface area (Å²) in [5.74, 6) is 0.446. The van der Waals surface area contributed by atoms with Gasteiger partial charge in [0.1, 0.15) is 12.4 Å². The summed E-state index contributed by atoms with van der Waals surface area (Å²) in [7, 11) is 0. The summed E-state index contributed by atoms with van der Waals surface area (Å²) >= 11 is 3.64. The van der Waals surface area contributed by atoms with Gasteiger partial charge < -0.3 is 14.0 Å². The van der Waals surface area contributed by atoms with E-state index in [0.717, 1.165) is 49.6 Å². The van der Waals surface area contributed by atoms with Crippen LogP contribution in [0.3, 0.4) is 0 Å². The highest BCUT2D eigenvalue weighted by atomic mass is 79.9. The summed E-state index contributed by atoms with van der Waals surface area (Å²) in [6.07, 6.45) is 0.